The minimum Gasteiger partial charge on any atom is -0.351 e. The summed E-state index contributed by atoms with van der Waals surface area (Å²) in [6, 6.07) is 4.48. The zero-order chi connectivity index (χ0) is 15.2. The molecule has 2 rings (SSSR count). The maximum atomic E-state index is 12.1. The Morgan fingerprint density at radius 2 is 2.33 bits per heavy atom. The lowest BCUT2D eigenvalue weighted by Gasteiger charge is -2.06. The number of amides is 1. The molecule has 8 nitrogen and oxygen atoms in total. The van der Waals surface area contributed by atoms with Gasteiger partial charge in [-0.05, 0) is 18.4 Å². The van der Waals surface area contributed by atoms with Crippen LogP contribution in [0.25, 0.3) is 0 Å². The Hall–Kier alpha value is -2.42. The van der Waals surface area contributed by atoms with Crippen LogP contribution in [0.5, 0.6) is 0 Å². The molecule has 0 spiro atoms. The number of thioether (sulfide) groups is 1. The van der Waals surface area contributed by atoms with Crippen LogP contribution in [0.4, 0.5) is 5.69 Å². The number of nitrogens with one attached hydrogen (secondary N) is 2. The molecule has 0 atom stereocenters. The number of benzene rings is 1. The number of aromatic amines is 1. The number of hydrogen-bond acceptors (Lipinski definition) is 6. The van der Waals surface area contributed by atoms with Crippen molar-refractivity contribution in [2.24, 2.45) is 0 Å². The molecule has 0 aliphatic carbocycles. The van der Waals surface area contributed by atoms with E-state index in [1.54, 1.807) is 6.07 Å². The monoisotopic (exact) mass is 307 g/mol. The third-order valence-corrected chi connectivity index (χ3v) is 3.48. The van der Waals surface area contributed by atoms with Crippen LogP contribution >= 0.6 is 11.8 Å². The summed E-state index contributed by atoms with van der Waals surface area (Å²) in [4.78, 5) is 27.2. The van der Waals surface area contributed by atoms with E-state index >= 15 is 0 Å². The Kier molecular flexibility index (Phi) is 4.88. The first-order valence-electron chi connectivity index (χ1n) is 6.06. The molecule has 21 heavy (non-hydrogen) atoms. The third kappa shape index (κ3) is 3.78. The van der Waals surface area contributed by atoms with Crippen molar-refractivity contribution in [2.45, 2.75) is 11.3 Å². The second kappa shape index (κ2) is 6.84. The molecule has 0 saturated carbocycles. The van der Waals surface area contributed by atoms with Crippen LogP contribution in [0.2, 0.25) is 0 Å². The van der Waals surface area contributed by atoms with Gasteiger partial charge in [-0.2, -0.15) is 5.10 Å². The molecular weight excluding hydrogens is 294 g/mol. The maximum Gasteiger partial charge on any atom is 0.282 e. The summed E-state index contributed by atoms with van der Waals surface area (Å²) < 4.78 is 0. The Balaban J connectivity index is 2.08. The minimum atomic E-state index is -0.560. The van der Waals surface area contributed by atoms with E-state index < -0.39 is 10.8 Å². The van der Waals surface area contributed by atoms with Crippen LogP contribution in [-0.2, 0) is 6.42 Å². The molecule has 0 saturated heterocycles. The molecule has 0 aliphatic rings. The van der Waals surface area contributed by atoms with E-state index in [9.17, 15) is 14.9 Å². The molecule has 9 heteroatoms. The molecule has 0 radical (unpaired) electrons. The van der Waals surface area contributed by atoms with Gasteiger partial charge >= 0.3 is 0 Å². The zero-order valence-corrected chi connectivity index (χ0v) is 12.0. The molecule has 1 amide bonds. The van der Waals surface area contributed by atoms with Gasteiger partial charge in [-0.15, -0.1) is 11.8 Å². The molecule has 1 aromatic heterocycles. The van der Waals surface area contributed by atoms with Gasteiger partial charge in [0.15, 0.2) is 0 Å². The van der Waals surface area contributed by atoms with E-state index in [1.807, 2.05) is 6.26 Å². The normalized spacial score (nSPS) is 10.3. The molecule has 2 aromatic rings. The van der Waals surface area contributed by atoms with Crippen LogP contribution in [0.3, 0.4) is 0 Å². The molecule has 0 unspecified atom stereocenters. The molecule has 0 aliphatic heterocycles. The lowest BCUT2D eigenvalue weighted by Crippen LogP contribution is -2.26. The SMILES string of the molecule is CSc1ccc([N+](=O)[O-])c(C(=O)NCCc2ncn[nH]2)c1. The number of nitro benzene ring substituents is 1. The van der Waals surface area contributed by atoms with E-state index in [4.69, 9.17) is 0 Å². The average molecular weight is 307 g/mol. The van der Waals surface area contributed by atoms with Crippen LogP contribution in [0, 0.1) is 10.1 Å². The van der Waals surface area contributed by atoms with Crippen molar-refractivity contribution in [1.29, 1.82) is 0 Å². The second-order valence-electron chi connectivity index (χ2n) is 4.08. The number of H-pyrrole nitrogens is 1. The van der Waals surface area contributed by atoms with Crippen molar-refractivity contribution in [1.82, 2.24) is 20.5 Å². The first kappa shape index (κ1) is 15.0. The largest absolute Gasteiger partial charge is 0.351 e. The standard InChI is InChI=1S/C12H13N5O3S/c1-21-8-2-3-10(17(19)20)9(6-8)12(18)13-5-4-11-14-7-15-16-11/h2-3,6-7H,4-5H2,1H3,(H,13,18)(H,14,15,16). The smallest absolute Gasteiger partial charge is 0.282 e. The molecule has 0 fully saturated rings. The highest BCUT2D eigenvalue weighted by atomic mass is 32.2. The fourth-order valence-electron chi connectivity index (χ4n) is 1.72. The first-order valence-corrected chi connectivity index (χ1v) is 7.29. The summed E-state index contributed by atoms with van der Waals surface area (Å²) in [5, 5.41) is 20.0. The molecular formula is C12H13N5O3S. The van der Waals surface area contributed by atoms with Gasteiger partial charge < -0.3 is 5.32 Å². The van der Waals surface area contributed by atoms with E-state index in [-0.39, 0.29) is 11.3 Å². The summed E-state index contributed by atoms with van der Waals surface area (Å²) in [5.74, 6) is 0.166. The number of aromatic nitrogens is 3. The third-order valence-electron chi connectivity index (χ3n) is 2.76. The Bertz CT molecular complexity index is 644. The van der Waals surface area contributed by atoms with Crippen LogP contribution in [0.1, 0.15) is 16.2 Å². The van der Waals surface area contributed by atoms with Gasteiger partial charge in [-0.1, -0.05) is 0 Å². The van der Waals surface area contributed by atoms with Crippen molar-refractivity contribution < 1.29 is 9.72 Å². The molecule has 110 valence electrons. The van der Waals surface area contributed by atoms with E-state index in [0.29, 0.717) is 18.8 Å². The summed E-state index contributed by atoms with van der Waals surface area (Å²) in [7, 11) is 0. The summed E-state index contributed by atoms with van der Waals surface area (Å²) in [5.41, 5.74) is -0.144. The van der Waals surface area contributed by atoms with E-state index in [2.05, 4.69) is 20.5 Å². The number of carbonyl (C=O) groups excluding carboxylic acids is 1. The number of rotatable bonds is 6. The number of nitro groups is 1. The minimum absolute atomic E-state index is 0.0596. The zero-order valence-electron chi connectivity index (χ0n) is 11.2. The van der Waals surface area contributed by atoms with Gasteiger partial charge in [0, 0.05) is 23.9 Å². The van der Waals surface area contributed by atoms with Crippen molar-refractivity contribution in [3.8, 4) is 0 Å². The quantitative estimate of drug-likeness (QED) is 0.474. The fourth-order valence-corrected chi connectivity index (χ4v) is 2.16. The lowest BCUT2D eigenvalue weighted by molar-refractivity contribution is -0.385. The molecule has 1 heterocycles. The summed E-state index contributed by atoms with van der Waals surface area (Å²) in [6.45, 7) is 0.314. The van der Waals surface area contributed by atoms with Gasteiger partial charge in [0.05, 0.1) is 4.92 Å². The van der Waals surface area contributed by atoms with Gasteiger partial charge in [0.1, 0.15) is 17.7 Å². The van der Waals surface area contributed by atoms with Crippen molar-refractivity contribution in [3.05, 3.63) is 46.0 Å². The van der Waals surface area contributed by atoms with Crippen molar-refractivity contribution in [3.63, 3.8) is 0 Å². The highest BCUT2D eigenvalue weighted by Crippen LogP contribution is 2.24. The van der Waals surface area contributed by atoms with Crippen LogP contribution < -0.4 is 5.32 Å². The summed E-state index contributed by atoms with van der Waals surface area (Å²) >= 11 is 1.42. The highest BCUT2D eigenvalue weighted by molar-refractivity contribution is 7.98. The van der Waals surface area contributed by atoms with Crippen LogP contribution in [-0.4, -0.2) is 38.8 Å². The van der Waals surface area contributed by atoms with E-state index in [0.717, 1.165) is 4.90 Å². The molecule has 2 N–H and O–H groups in total. The number of hydrogen-bond donors (Lipinski definition) is 2. The van der Waals surface area contributed by atoms with Crippen molar-refractivity contribution in [2.75, 3.05) is 12.8 Å². The lowest BCUT2D eigenvalue weighted by atomic mass is 10.1. The Morgan fingerprint density at radius 1 is 1.52 bits per heavy atom. The van der Waals surface area contributed by atoms with Crippen LogP contribution in [0.15, 0.2) is 29.4 Å². The number of carbonyl (C=O) groups is 1. The first-order chi connectivity index (χ1) is 10.1. The maximum absolute atomic E-state index is 12.1. The van der Waals surface area contributed by atoms with Gasteiger partial charge in [0.2, 0.25) is 0 Å². The Morgan fingerprint density at radius 3 is 2.95 bits per heavy atom. The topological polar surface area (TPSA) is 114 Å². The predicted octanol–water partition coefficient (Wildman–Crippen LogP) is 1.41. The van der Waals surface area contributed by atoms with E-state index in [1.165, 1.54) is 30.2 Å². The predicted molar refractivity (Wildman–Crippen MR) is 77.3 cm³/mol. The van der Waals surface area contributed by atoms with Gasteiger partial charge in [-0.3, -0.25) is 20.0 Å². The molecule has 0 bridgehead atoms. The second-order valence-corrected chi connectivity index (χ2v) is 4.96. The molecule has 1 aromatic carbocycles. The van der Waals surface area contributed by atoms with Gasteiger partial charge in [-0.25, -0.2) is 4.98 Å². The number of nitrogens with zero attached hydrogens (tertiary/aromatic N) is 3. The van der Waals surface area contributed by atoms with Gasteiger partial charge in [0.25, 0.3) is 11.6 Å². The fraction of sp³-hybridized carbons (Fsp3) is 0.250. The van der Waals surface area contributed by atoms with Crippen molar-refractivity contribution >= 4 is 23.4 Å². The highest BCUT2D eigenvalue weighted by Gasteiger charge is 2.20. The summed E-state index contributed by atoms with van der Waals surface area (Å²) in [6.07, 6.45) is 3.69. The Labute approximate surface area is 124 Å². The average Bonchev–Trinajstić information content (AvgIpc) is 2.99.